The first-order valence-corrected chi connectivity index (χ1v) is 12.8. The van der Waals surface area contributed by atoms with Crippen LogP contribution in [0.5, 0.6) is 0 Å². The molecule has 1 aliphatic carbocycles. The maximum absolute atomic E-state index is 12.4. The maximum atomic E-state index is 12.4. The number of aryl methyl sites for hydroxylation is 2. The van der Waals surface area contributed by atoms with Crippen LogP contribution in [0.3, 0.4) is 0 Å². The van der Waals surface area contributed by atoms with E-state index in [0.717, 1.165) is 33.6 Å². The number of rotatable bonds is 7. The summed E-state index contributed by atoms with van der Waals surface area (Å²) in [5, 5.41) is 8.22. The summed E-state index contributed by atoms with van der Waals surface area (Å²) in [5.41, 5.74) is 5.15. The van der Waals surface area contributed by atoms with E-state index >= 15 is 0 Å². The second-order valence-corrected chi connectivity index (χ2v) is 10.1. The molecular weight excluding hydrogens is 450 g/mol. The van der Waals surface area contributed by atoms with Crippen molar-refractivity contribution in [2.75, 3.05) is 4.90 Å². The standard InChI is InChI=1S/C25H25N5OS2/c1-16-9-12-22(13-17(16)2)29(18(3)31)25-26-20(15-33-25)14-32-24-27-23(19-10-11-19)30(28-24)21-7-5-4-6-8-21/h4-9,12-13,15,19H,10-11,14H2,1-3H3. The lowest BCUT2D eigenvalue weighted by atomic mass is 10.1. The third-order valence-corrected chi connectivity index (χ3v) is 7.45. The number of para-hydroxylation sites is 1. The average molecular weight is 476 g/mol. The molecule has 0 aliphatic heterocycles. The molecule has 0 unspecified atom stereocenters. The number of carbonyl (C=O) groups is 1. The molecule has 0 N–H and O–H groups in total. The number of hydrogen-bond donors (Lipinski definition) is 0. The zero-order chi connectivity index (χ0) is 22.9. The number of nitrogens with zero attached hydrogens (tertiary/aromatic N) is 5. The molecule has 0 radical (unpaired) electrons. The van der Waals surface area contributed by atoms with Gasteiger partial charge in [0.1, 0.15) is 5.82 Å². The fourth-order valence-corrected chi connectivity index (χ4v) is 5.34. The van der Waals surface area contributed by atoms with Gasteiger partial charge in [-0.25, -0.2) is 14.6 Å². The zero-order valence-electron chi connectivity index (χ0n) is 18.9. The number of carbonyl (C=O) groups excluding carboxylic acids is 1. The second-order valence-electron chi connectivity index (χ2n) is 8.31. The van der Waals surface area contributed by atoms with Crippen LogP contribution in [0.4, 0.5) is 10.8 Å². The molecule has 2 heterocycles. The smallest absolute Gasteiger partial charge is 0.230 e. The van der Waals surface area contributed by atoms with Crippen LogP contribution in [0.2, 0.25) is 0 Å². The van der Waals surface area contributed by atoms with Gasteiger partial charge < -0.3 is 0 Å². The maximum Gasteiger partial charge on any atom is 0.230 e. The van der Waals surface area contributed by atoms with Gasteiger partial charge >= 0.3 is 0 Å². The quantitative estimate of drug-likeness (QED) is 0.298. The predicted molar refractivity (Wildman–Crippen MR) is 134 cm³/mol. The van der Waals surface area contributed by atoms with E-state index in [2.05, 4.69) is 26.0 Å². The van der Waals surface area contributed by atoms with Crippen molar-refractivity contribution in [2.45, 2.75) is 50.4 Å². The highest BCUT2D eigenvalue weighted by Crippen LogP contribution is 2.40. The number of amides is 1. The Labute approximate surface area is 201 Å². The van der Waals surface area contributed by atoms with Crippen LogP contribution in [0.15, 0.2) is 59.1 Å². The predicted octanol–water partition coefficient (Wildman–Crippen LogP) is 6.19. The number of thiazole rings is 1. The molecule has 5 rings (SSSR count). The van der Waals surface area contributed by atoms with Gasteiger partial charge in [-0.3, -0.25) is 9.69 Å². The summed E-state index contributed by atoms with van der Waals surface area (Å²) in [4.78, 5) is 23.7. The van der Waals surface area contributed by atoms with Gasteiger partial charge in [-0.05, 0) is 62.1 Å². The lowest BCUT2D eigenvalue weighted by Gasteiger charge is -2.19. The van der Waals surface area contributed by atoms with Crippen molar-refractivity contribution in [1.82, 2.24) is 19.7 Å². The largest absolute Gasteiger partial charge is 0.274 e. The molecular formula is C25H25N5OS2. The molecule has 0 atom stereocenters. The summed E-state index contributed by atoms with van der Waals surface area (Å²) in [6, 6.07) is 16.2. The van der Waals surface area contributed by atoms with Gasteiger partial charge in [0.25, 0.3) is 0 Å². The zero-order valence-corrected chi connectivity index (χ0v) is 20.5. The molecule has 1 aliphatic rings. The molecule has 2 aromatic carbocycles. The van der Waals surface area contributed by atoms with Gasteiger partial charge in [0.05, 0.1) is 17.1 Å². The molecule has 33 heavy (non-hydrogen) atoms. The molecule has 0 spiro atoms. The van der Waals surface area contributed by atoms with Crippen LogP contribution in [-0.4, -0.2) is 25.7 Å². The van der Waals surface area contributed by atoms with E-state index in [1.807, 2.05) is 46.5 Å². The van der Waals surface area contributed by atoms with Crippen LogP contribution in [-0.2, 0) is 10.5 Å². The van der Waals surface area contributed by atoms with Crippen molar-refractivity contribution in [3.05, 3.63) is 76.6 Å². The van der Waals surface area contributed by atoms with Crippen LogP contribution in [0, 0.1) is 13.8 Å². The minimum absolute atomic E-state index is 0.0517. The van der Waals surface area contributed by atoms with E-state index < -0.39 is 0 Å². The third-order valence-electron chi connectivity index (χ3n) is 5.70. The van der Waals surface area contributed by atoms with Crippen molar-refractivity contribution in [2.24, 2.45) is 0 Å². The van der Waals surface area contributed by atoms with E-state index in [-0.39, 0.29) is 5.91 Å². The summed E-state index contributed by atoms with van der Waals surface area (Å²) in [7, 11) is 0. The van der Waals surface area contributed by atoms with Crippen molar-refractivity contribution in [3.63, 3.8) is 0 Å². The highest BCUT2D eigenvalue weighted by atomic mass is 32.2. The molecule has 0 saturated heterocycles. The van der Waals surface area contributed by atoms with E-state index in [4.69, 9.17) is 15.1 Å². The normalized spacial score (nSPS) is 13.3. The fourth-order valence-electron chi connectivity index (χ4n) is 3.63. The first-order chi connectivity index (χ1) is 16.0. The Hall–Kier alpha value is -2.97. The third kappa shape index (κ3) is 4.72. The monoisotopic (exact) mass is 475 g/mol. The molecule has 0 bridgehead atoms. The van der Waals surface area contributed by atoms with Crippen molar-refractivity contribution >= 4 is 39.8 Å². The highest BCUT2D eigenvalue weighted by molar-refractivity contribution is 7.98. The van der Waals surface area contributed by atoms with Crippen LogP contribution < -0.4 is 4.90 Å². The van der Waals surface area contributed by atoms with E-state index in [0.29, 0.717) is 16.8 Å². The Balaban J connectivity index is 1.34. The Morgan fingerprint density at radius 3 is 2.61 bits per heavy atom. The molecule has 4 aromatic rings. The fraction of sp³-hybridized carbons (Fsp3) is 0.280. The second kappa shape index (κ2) is 9.11. The molecule has 168 valence electrons. The lowest BCUT2D eigenvalue weighted by molar-refractivity contribution is -0.115. The number of hydrogen-bond acceptors (Lipinski definition) is 6. The molecule has 8 heteroatoms. The Morgan fingerprint density at radius 2 is 1.91 bits per heavy atom. The van der Waals surface area contributed by atoms with Crippen molar-refractivity contribution in [1.29, 1.82) is 0 Å². The van der Waals surface area contributed by atoms with Crippen molar-refractivity contribution in [3.8, 4) is 5.69 Å². The molecule has 1 amide bonds. The number of aromatic nitrogens is 4. The molecule has 6 nitrogen and oxygen atoms in total. The van der Waals surface area contributed by atoms with Crippen LogP contribution in [0.25, 0.3) is 5.69 Å². The van der Waals surface area contributed by atoms with Gasteiger partial charge in [0.15, 0.2) is 5.13 Å². The van der Waals surface area contributed by atoms with E-state index in [9.17, 15) is 4.79 Å². The summed E-state index contributed by atoms with van der Waals surface area (Å²) < 4.78 is 1.98. The highest BCUT2D eigenvalue weighted by Gasteiger charge is 2.30. The molecule has 1 fully saturated rings. The molecule has 1 saturated carbocycles. The van der Waals surface area contributed by atoms with Gasteiger partial charge in [-0.1, -0.05) is 36.0 Å². The van der Waals surface area contributed by atoms with Gasteiger partial charge in [0.2, 0.25) is 11.1 Å². The number of benzene rings is 2. The SMILES string of the molecule is CC(=O)N(c1ccc(C)c(C)c1)c1nc(CSc2nc(C3CC3)n(-c3ccccc3)n2)cs1. The van der Waals surface area contributed by atoms with Crippen LogP contribution in [0.1, 0.15) is 48.3 Å². The first kappa shape index (κ1) is 21.9. The lowest BCUT2D eigenvalue weighted by Crippen LogP contribution is -2.22. The minimum atomic E-state index is -0.0517. The van der Waals surface area contributed by atoms with Gasteiger partial charge in [-0.2, -0.15) is 0 Å². The summed E-state index contributed by atoms with van der Waals surface area (Å²) in [6.45, 7) is 5.70. The Bertz CT molecular complexity index is 1290. The van der Waals surface area contributed by atoms with E-state index in [1.165, 1.54) is 29.7 Å². The number of thioether (sulfide) groups is 1. The topological polar surface area (TPSA) is 63.9 Å². The van der Waals surface area contributed by atoms with Crippen LogP contribution >= 0.6 is 23.1 Å². The molecule has 2 aromatic heterocycles. The van der Waals surface area contributed by atoms with Gasteiger partial charge in [0, 0.05) is 24.0 Å². The Morgan fingerprint density at radius 1 is 1.12 bits per heavy atom. The number of anilines is 2. The summed E-state index contributed by atoms with van der Waals surface area (Å²) in [6.07, 6.45) is 2.34. The minimum Gasteiger partial charge on any atom is -0.274 e. The van der Waals surface area contributed by atoms with E-state index in [1.54, 1.807) is 23.6 Å². The average Bonchev–Trinajstić information content (AvgIpc) is 3.40. The van der Waals surface area contributed by atoms with Crippen molar-refractivity contribution < 1.29 is 4.79 Å². The van der Waals surface area contributed by atoms with Gasteiger partial charge in [-0.15, -0.1) is 16.4 Å². The summed E-state index contributed by atoms with van der Waals surface area (Å²) in [5.74, 6) is 2.14. The Kier molecular flexibility index (Phi) is 6.03. The first-order valence-electron chi connectivity index (χ1n) is 11.0. The summed E-state index contributed by atoms with van der Waals surface area (Å²) >= 11 is 3.06.